The Labute approximate surface area is 117 Å². The Hall–Kier alpha value is -0.680. The van der Waals surface area contributed by atoms with E-state index in [1.54, 1.807) is 18.2 Å². The molecule has 1 atom stereocenters. The van der Waals surface area contributed by atoms with E-state index in [4.69, 9.17) is 0 Å². The zero-order chi connectivity index (χ0) is 13.0. The summed E-state index contributed by atoms with van der Waals surface area (Å²) in [5.74, 6) is -0.356. The molecule has 1 rings (SSSR count). The van der Waals surface area contributed by atoms with E-state index >= 15 is 0 Å². The number of alkyl halides is 2. The minimum absolute atomic E-state index is 0.0259. The van der Waals surface area contributed by atoms with Crippen molar-refractivity contribution in [1.82, 2.24) is 0 Å². The quantitative estimate of drug-likeness (QED) is 0.608. The highest BCUT2D eigenvalue weighted by Gasteiger charge is 2.17. The topological polar surface area (TPSA) is 43.4 Å². The van der Waals surface area contributed by atoms with Crippen LogP contribution in [0.25, 0.3) is 0 Å². The van der Waals surface area contributed by atoms with E-state index in [9.17, 15) is 9.59 Å². The number of esters is 1. The fourth-order valence-corrected chi connectivity index (χ4v) is 2.36. The number of carbonyl (C=O) groups is 2. The van der Waals surface area contributed by atoms with Gasteiger partial charge in [0.1, 0.15) is 5.78 Å². The van der Waals surface area contributed by atoms with Gasteiger partial charge in [-0.05, 0) is 30.2 Å². The maximum absolute atomic E-state index is 11.4. The largest absolute Gasteiger partial charge is 0.465 e. The van der Waals surface area contributed by atoms with Crippen LogP contribution in [0, 0.1) is 0 Å². The van der Waals surface area contributed by atoms with Crippen LogP contribution in [0.3, 0.4) is 0 Å². The highest BCUT2D eigenvalue weighted by atomic mass is 79.9. The number of ketones is 1. The number of hydrogen-bond acceptors (Lipinski definition) is 3. The second-order valence-corrected chi connectivity index (χ2v) is 4.99. The summed E-state index contributed by atoms with van der Waals surface area (Å²) in [6, 6.07) is 5.15. The third-order valence-electron chi connectivity index (χ3n) is 2.34. The van der Waals surface area contributed by atoms with Gasteiger partial charge in [-0.1, -0.05) is 37.9 Å². The highest BCUT2D eigenvalue weighted by molar-refractivity contribution is 9.09. The fourth-order valence-electron chi connectivity index (χ4n) is 1.43. The molecule has 5 heteroatoms. The molecule has 0 amide bonds. The molecule has 0 N–H and O–H groups in total. The van der Waals surface area contributed by atoms with Gasteiger partial charge in [0.15, 0.2) is 0 Å². The summed E-state index contributed by atoms with van der Waals surface area (Å²) < 4.78 is 4.65. The van der Waals surface area contributed by atoms with Crippen molar-refractivity contribution in [2.45, 2.75) is 17.1 Å². The van der Waals surface area contributed by atoms with Gasteiger partial charge in [0.2, 0.25) is 0 Å². The van der Waals surface area contributed by atoms with E-state index in [1.807, 2.05) is 0 Å². The van der Waals surface area contributed by atoms with Crippen molar-refractivity contribution < 1.29 is 14.3 Å². The molecule has 1 aromatic rings. The van der Waals surface area contributed by atoms with Crippen molar-refractivity contribution in [3.63, 3.8) is 0 Å². The van der Waals surface area contributed by atoms with Gasteiger partial charge in [0, 0.05) is 5.33 Å². The van der Waals surface area contributed by atoms with Gasteiger partial charge in [-0.2, -0.15) is 0 Å². The van der Waals surface area contributed by atoms with Crippen LogP contribution >= 0.6 is 31.9 Å². The summed E-state index contributed by atoms with van der Waals surface area (Å²) >= 11 is 6.68. The molecule has 0 aliphatic carbocycles. The highest BCUT2D eigenvalue weighted by Crippen LogP contribution is 2.29. The molecule has 0 fully saturated rings. The second-order valence-electron chi connectivity index (χ2n) is 3.51. The molecule has 0 spiro atoms. The molecule has 92 valence electrons. The van der Waals surface area contributed by atoms with Crippen molar-refractivity contribution in [3.05, 3.63) is 34.9 Å². The van der Waals surface area contributed by atoms with Gasteiger partial charge in [0.05, 0.1) is 17.5 Å². The lowest BCUT2D eigenvalue weighted by Crippen LogP contribution is -2.07. The zero-order valence-electron chi connectivity index (χ0n) is 9.50. The Morgan fingerprint density at radius 2 is 2.06 bits per heavy atom. The first kappa shape index (κ1) is 14.4. The van der Waals surface area contributed by atoms with Gasteiger partial charge in [-0.15, -0.1) is 0 Å². The van der Waals surface area contributed by atoms with Crippen molar-refractivity contribution >= 4 is 43.6 Å². The van der Waals surface area contributed by atoms with E-state index in [2.05, 4.69) is 36.6 Å². The minimum Gasteiger partial charge on any atom is -0.465 e. The first-order chi connectivity index (χ1) is 8.01. The zero-order valence-corrected chi connectivity index (χ0v) is 12.7. The average molecular weight is 364 g/mol. The van der Waals surface area contributed by atoms with Crippen LogP contribution in [-0.2, 0) is 14.9 Å². The van der Waals surface area contributed by atoms with Crippen LogP contribution in [0.15, 0.2) is 18.2 Å². The summed E-state index contributed by atoms with van der Waals surface area (Å²) in [5, 5.41) is 0.572. The number of methoxy groups -OCH3 is 1. The van der Waals surface area contributed by atoms with E-state index in [0.29, 0.717) is 10.9 Å². The third kappa shape index (κ3) is 3.39. The smallest absolute Gasteiger partial charge is 0.337 e. The molecule has 0 aliphatic heterocycles. The van der Waals surface area contributed by atoms with Crippen LogP contribution in [0.1, 0.15) is 33.2 Å². The Morgan fingerprint density at radius 3 is 2.53 bits per heavy atom. The summed E-state index contributed by atoms with van der Waals surface area (Å²) in [6.45, 7) is 1.52. The van der Waals surface area contributed by atoms with Crippen LogP contribution < -0.4 is 0 Å². The predicted octanol–water partition coefficient (Wildman–Crippen LogP) is 3.39. The van der Waals surface area contributed by atoms with Crippen molar-refractivity contribution in [2.24, 2.45) is 0 Å². The summed E-state index contributed by atoms with van der Waals surface area (Å²) in [5.41, 5.74) is 2.24. The molecule has 0 aliphatic rings. The number of ether oxygens (including phenoxy) is 1. The average Bonchev–Trinajstić information content (AvgIpc) is 2.35. The maximum atomic E-state index is 11.4. The number of rotatable bonds is 4. The Morgan fingerprint density at radius 1 is 1.41 bits per heavy atom. The van der Waals surface area contributed by atoms with Crippen LogP contribution in [0.4, 0.5) is 0 Å². The second kappa shape index (κ2) is 6.31. The van der Waals surface area contributed by atoms with Crippen LogP contribution in [0.5, 0.6) is 0 Å². The predicted molar refractivity (Wildman–Crippen MR) is 72.8 cm³/mol. The van der Waals surface area contributed by atoms with Gasteiger partial charge >= 0.3 is 5.97 Å². The lowest BCUT2D eigenvalue weighted by atomic mass is 10.0. The molecule has 17 heavy (non-hydrogen) atoms. The van der Waals surface area contributed by atoms with E-state index in [-0.39, 0.29) is 16.6 Å². The maximum Gasteiger partial charge on any atom is 0.337 e. The first-order valence-corrected chi connectivity index (χ1v) is 6.96. The monoisotopic (exact) mass is 362 g/mol. The van der Waals surface area contributed by atoms with Gasteiger partial charge < -0.3 is 4.74 Å². The standard InChI is InChI=1S/C12H12Br2O3/c1-7(15)11(14)10-4-3-8(12(16)17-2)5-9(10)6-13/h3-5,11H,6H2,1-2H3. The summed E-state index contributed by atoms with van der Waals surface area (Å²) in [6.07, 6.45) is 0. The molecular formula is C12H12Br2O3. The van der Waals surface area contributed by atoms with Crippen molar-refractivity contribution in [2.75, 3.05) is 7.11 Å². The lowest BCUT2D eigenvalue weighted by Gasteiger charge is -2.12. The number of hydrogen-bond donors (Lipinski definition) is 0. The minimum atomic E-state index is -0.382. The summed E-state index contributed by atoms with van der Waals surface area (Å²) in [4.78, 5) is 22.4. The van der Waals surface area contributed by atoms with E-state index in [0.717, 1.165) is 11.1 Å². The molecule has 0 saturated carbocycles. The molecule has 0 bridgehead atoms. The van der Waals surface area contributed by atoms with Crippen LogP contribution in [0.2, 0.25) is 0 Å². The molecule has 3 nitrogen and oxygen atoms in total. The van der Waals surface area contributed by atoms with E-state index in [1.165, 1.54) is 14.0 Å². The van der Waals surface area contributed by atoms with E-state index < -0.39 is 0 Å². The summed E-state index contributed by atoms with van der Waals surface area (Å²) in [7, 11) is 1.34. The van der Waals surface area contributed by atoms with Gasteiger partial charge in [0.25, 0.3) is 0 Å². The number of benzene rings is 1. The number of Topliss-reactive ketones (excluding diaryl/α,β-unsaturated/α-hetero) is 1. The number of halogens is 2. The first-order valence-electron chi connectivity index (χ1n) is 4.93. The Kier molecular flexibility index (Phi) is 5.33. The molecule has 1 unspecified atom stereocenters. The van der Waals surface area contributed by atoms with Gasteiger partial charge in [-0.3, -0.25) is 4.79 Å². The molecular weight excluding hydrogens is 352 g/mol. The number of carbonyl (C=O) groups excluding carboxylic acids is 2. The van der Waals surface area contributed by atoms with Gasteiger partial charge in [-0.25, -0.2) is 4.79 Å². The lowest BCUT2D eigenvalue weighted by molar-refractivity contribution is -0.116. The van der Waals surface area contributed by atoms with Crippen molar-refractivity contribution in [3.8, 4) is 0 Å². The molecule has 0 heterocycles. The molecule has 0 saturated heterocycles. The van der Waals surface area contributed by atoms with Crippen LogP contribution in [-0.4, -0.2) is 18.9 Å². The third-order valence-corrected chi connectivity index (χ3v) is 4.08. The Bertz CT molecular complexity index is 443. The fraction of sp³-hybridized carbons (Fsp3) is 0.333. The SMILES string of the molecule is COC(=O)c1ccc(C(Br)C(C)=O)c(CBr)c1. The molecule has 0 radical (unpaired) electrons. The van der Waals surface area contributed by atoms with Crippen molar-refractivity contribution in [1.29, 1.82) is 0 Å². The molecule has 0 aromatic heterocycles. The Balaban J connectivity index is 3.18. The normalized spacial score (nSPS) is 12.0. The molecule has 1 aromatic carbocycles.